The number of aliphatic hydroxyl groups is 2. The molecule has 38 heavy (non-hydrogen) atoms. The van der Waals surface area contributed by atoms with Crippen molar-refractivity contribution < 1.29 is 19.7 Å². The number of rotatable bonds is 6. The van der Waals surface area contributed by atoms with Crippen LogP contribution in [0.15, 0.2) is 36.4 Å². The van der Waals surface area contributed by atoms with Crippen LogP contribution in [0.1, 0.15) is 68.2 Å². The molecule has 6 unspecified atom stereocenters. The highest BCUT2D eigenvalue weighted by Gasteiger charge is 2.62. The summed E-state index contributed by atoms with van der Waals surface area (Å²) in [5, 5.41) is 19.9. The molecule has 2 N–H and O–H groups in total. The molecule has 0 aromatic heterocycles. The molecule has 2 aromatic rings. The van der Waals surface area contributed by atoms with Crippen LogP contribution in [0.2, 0.25) is 0 Å². The average molecular weight is 519 g/mol. The molecule has 0 amide bonds. The standard InChI is InChI=1S/C32H42N2O4/c1-20(35)14-33-16-23-10-25(6-8-30(23)37-18-33)32(13-22-12-29(32)28-5-3-4-27(22)28)26-7-9-31-24(11-26)17-34(19-38-31)15-21(2)36/h6-11,20-22,27-29,35-36H,3-5,12-19H2,1-2H3. The minimum atomic E-state index is -0.370. The fourth-order valence-electron chi connectivity index (χ4n) is 9.09. The van der Waals surface area contributed by atoms with Gasteiger partial charge in [-0.25, -0.2) is 0 Å². The molecule has 0 radical (unpaired) electrons. The Morgan fingerprint density at radius 2 is 1.39 bits per heavy atom. The van der Waals surface area contributed by atoms with Gasteiger partial charge >= 0.3 is 0 Å². The molecular formula is C32H42N2O4. The minimum absolute atomic E-state index is 0.0132. The molecule has 0 spiro atoms. The molecule has 5 aliphatic rings. The largest absolute Gasteiger partial charge is 0.478 e. The molecule has 3 aliphatic carbocycles. The van der Waals surface area contributed by atoms with Gasteiger partial charge in [0.15, 0.2) is 0 Å². The Balaban J connectivity index is 1.29. The van der Waals surface area contributed by atoms with Crippen LogP contribution in [-0.4, -0.2) is 58.8 Å². The van der Waals surface area contributed by atoms with Crippen molar-refractivity contribution >= 4 is 0 Å². The molecule has 2 bridgehead atoms. The summed E-state index contributed by atoms with van der Waals surface area (Å²) >= 11 is 0. The zero-order valence-electron chi connectivity index (χ0n) is 22.8. The third kappa shape index (κ3) is 4.07. The normalized spacial score (nSPS) is 33.7. The molecule has 6 heteroatoms. The summed E-state index contributed by atoms with van der Waals surface area (Å²) in [5.41, 5.74) is 5.37. The van der Waals surface area contributed by atoms with Gasteiger partial charge in [-0.15, -0.1) is 0 Å². The lowest BCUT2D eigenvalue weighted by atomic mass is 9.59. The number of β-amino-alcohol motifs (C(OH)–C–C–N with tert-alkyl or cyclic N) is 2. The van der Waals surface area contributed by atoms with Gasteiger partial charge in [0.2, 0.25) is 0 Å². The van der Waals surface area contributed by atoms with Gasteiger partial charge in [0, 0.05) is 42.7 Å². The number of hydrogen-bond donors (Lipinski definition) is 2. The first-order valence-electron chi connectivity index (χ1n) is 14.7. The minimum Gasteiger partial charge on any atom is -0.478 e. The van der Waals surface area contributed by atoms with E-state index in [4.69, 9.17) is 9.47 Å². The summed E-state index contributed by atoms with van der Waals surface area (Å²) in [6, 6.07) is 14.0. The molecule has 6 nitrogen and oxygen atoms in total. The Hall–Kier alpha value is -2.12. The van der Waals surface area contributed by atoms with Gasteiger partial charge in [-0.3, -0.25) is 9.80 Å². The number of benzene rings is 2. The lowest BCUT2D eigenvalue weighted by Gasteiger charge is -2.45. The smallest absolute Gasteiger partial charge is 0.142 e. The van der Waals surface area contributed by atoms with E-state index in [0.717, 1.165) is 42.3 Å². The van der Waals surface area contributed by atoms with Crippen molar-refractivity contribution in [2.45, 2.75) is 76.7 Å². The molecule has 3 saturated carbocycles. The predicted octanol–water partition coefficient (Wildman–Crippen LogP) is 4.49. The van der Waals surface area contributed by atoms with Gasteiger partial charge < -0.3 is 19.7 Å². The van der Waals surface area contributed by atoms with E-state index in [1.165, 1.54) is 54.4 Å². The van der Waals surface area contributed by atoms with Gasteiger partial charge in [-0.2, -0.15) is 0 Å². The lowest BCUT2D eigenvalue weighted by molar-refractivity contribution is 0.0498. The average Bonchev–Trinajstić information content (AvgIpc) is 3.60. The summed E-state index contributed by atoms with van der Waals surface area (Å²) in [7, 11) is 0. The van der Waals surface area contributed by atoms with Crippen LogP contribution in [0.3, 0.4) is 0 Å². The summed E-state index contributed by atoms with van der Waals surface area (Å²) in [4.78, 5) is 4.40. The van der Waals surface area contributed by atoms with E-state index in [0.29, 0.717) is 32.5 Å². The van der Waals surface area contributed by atoms with Crippen molar-refractivity contribution in [3.8, 4) is 11.5 Å². The van der Waals surface area contributed by atoms with Crippen LogP contribution in [0.5, 0.6) is 11.5 Å². The molecule has 0 saturated heterocycles. The van der Waals surface area contributed by atoms with E-state index in [-0.39, 0.29) is 17.6 Å². The fourth-order valence-corrected chi connectivity index (χ4v) is 9.09. The summed E-state index contributed by atoms with van der Waals surface area (Å²) < 4.78 is 12.2. The maximum absolute atomic E-state index is 9.97. The molecule has 6 atom stereocenters. The Bertz CT molecular complexity index is 1120. The number of nitrogens with zero attached hydrogens (tertiary/aromatic N) is 2. The van der Waals surface area contributed by atoms with E-state index in [9.17, 15) is 10.2 Å². The Morgan fingerprint density at radius 1 is 0.842 bits per heavy atom. The van der Waals surface area contributed by atoms with Crippen LogP contribution in [0.4, 0.5) is 0 Å². The first kappa shape index (κ1) is 24.9. The van der Waals surface area contributed by atoms with Crippen LogP contribution < -0.4 is 9.47 Å². The SMILES string of the molecule is CC(O)CN1COc2ccc(C3(c4ccc5c(c4)CN(CC(C)O)CO5)CC4CC3C3CCCC43)cc2C1. The zero-order valence-corrected chi connectivity index (χ0v) is 22.8. The van der Waals surface area contributed by atoms with Crippen molar-refractivity contribution in [3.05, 3.63) is 58.7 Å². The Labute approximate surface area is 226 Å². The molecule has 204 valence electrons. The number of fused-ring (bicyclic) bond motifs is 7. The highest BCUT2D eigenvalue weighted by Crippen LogP contribution is 2.68. The first-order chi connectivity index (χ1) is 18.4. The highest BCUT2D eigenvalue weighted by molar-refractivity contribution is 5.51. The van der Waals surface area contributed by atoms with E-state index >= 15 is 0 Å². The highest BCUT2D eigenvalue weighted by atomic mass is 16.5. The first-order valence-corrected chi connectivity index (χ1v) is 14.7. The number of ether oxygens (including phenoxy) is 2. The topological polar surface area (TPSA) is 65.4 Å². The van der Waals surface area contributed by atoms with Crippen molar-refractivity contribution in [3.63, 3.8) is 0 Å². The number of hydrogen-bond acceptors (Lipinski definition) is 6. The molecule has 2 aromatic carbocycles. The van der Waals surface area contributed by atoms with E-state index in [1.54, 1.807) is 0 Å². The van der Waals surface area contributed by atoms with Gasteiger partial charge in [0.25, 0.3) is 0 Å². The van der Waals surface area contributed by atoms with Gasteiger partial charge in [0.05, 0.1) is 12.2 Å². The van der Waals surface area contributed by atoms with E-state index < -0.39 is 0 Å². The molecule has 3 fully saturated rings. The van der Waals surface area contributed by atoms with Crippen molar-refractivity contribution in [2.24, 2.45) is 23.7 Å². The Kier molecular flexibility index (Phi) is 6.23. The molecule has 7 rings (SSSR count). The zero-order chi connectivity index (χ0) is 26.0. The maximum atomic E-state index is 9.97. The predicted molar refractivity (Wildman–Crippen MR) is 146 cm³/mol. The lowest BCUT2D eigenvalue weighted by Crippen LogP contribution is -2.41. The van der Waals surface area contributed by atoms with Gasteiger partial charge in [-0.05, 0) is 98.6 Å². The van der Waals surface area contributed by atoms with Crippen molar-refractivity contribution in [1.29, 1.82) is 0 Å². The molecule has 2 heterocycles. The summed E-state index contributed by atoms with van der Waals surface area (Å²) in [6.45, 7) is 7.63. The second-order valence-electron chi connectivity index (χ2n) is 12.9. The summed E-state index contributed by atoms with van der Waals surface area (Å²) in [6.07, 6.45) is 6.01. The van der Waals surface area contributed by atoms with Crippen LogP contribution in [0, 0.1) is 23.7 Å². The van der Waals surface area contributed by atoms with Crippen LogP contribution >= 0.6 is 0 Å². The van der Waals surface area contributed by atoms with Crippen molar-refractivity contribution in [1.82, 2.24) is 9.80 Å². The van der Waals surface area contributed by atoms with E-state index in [2.05, 4.69) is 46.2 Å². The molecule has 2 aliphatic heterocycles. The van der Waals surface area contributed by atoms with Gasteiger partial charge in [-0.1, -0.05) is 18.6 Å². The second kappa shape index (κ2) is 9.51. The van der Waals surface area contributed by atoms with E-state index in [1.807, 2.05) is 13.8 Å². The summed E-state index contributed by atoms with van der Waals surface area (Å²) in [5.74, 6) is 5.20. The van der Waals surface area contributed by atoms with Crippen LogP contribution in [0.25, 0.3) is 0 Å². The third-order valence-corrected chi connectivity index (χ3v) is 10.3. The van der Waals surface area contributed by atoms with Gasteiger partial charge in [0.1, 0.15) is 25.0 Å². The monoisotopic (exact) mass is 518 g/mol. The second-order valence-corrected chi connectivity index (χ2v) is 12.9. The number of aliphatic hydroxyl groups excluding tert-OH is 2. The quantitative estimate of drug-likeness (QED) is 0.587. The third-order valence-electron chi connectivity index (χ3n) is 10.3. The molecular weight excluding hydrogens is 476 g/mol. The maximum Gasteiger partial charge on any atom is 0.142 e. The van der Waals surface area contributed by atoms with Crippen molar-refractivity contribution in [2.75, 3.05) is 26.6 Å². The van der Waals surface area contributed by atoms with Crippen LogP contribution in [-0.2, 0) is 18.5 Å². The Morgan fingerprint density at radius 3 is 1.95 bits per heavy atom. The fraction of sp³-hybridized carbons (Fsp3) is 0.625.